The smallest absolute Gasteiger partial charge is 0.238 e. The van der Waals surface area contributed by atoms with Crippen LogP contribution >= 0.6 is 11.3 Å². The molecule has 0 atom stereocenters. The molecule has 4 nitrogen and oxygen atoms in total. The molecule has 1 heterocycles. The highest BCUT2D eigenvalue weighted by molar-refractivity contribution is 7.16. The molecule has 0 saturated heterocycles. The number of rotatable bonds is 4. The summed E-state index contributed by atoms with van der Waals surface area (Å²) in [5, 5.41) is 16.3. The van der Waals surface area contributed by atoms with Crippen molar-refractivity contribution in [2.45, 2.75) is 51.0 Å². The maximum absolute atomic E-state index is 11.9. The number of nitrogens with one attached hydrogen (secondary N) is 2. The fourth-order valence-electron chi connectivity index (χ4n) is 2.64. The van der Waals surface area contributed by atoms with E-state index >= 15 is 0 Å². The van der Waals surface area contributed by atoms with Crippen molar-refractivity contribution in [3.8, 4) is 6.07 Å². The van der Waals surface area contributed by atoms with Gasteiger partial charge in [-0.05, 0) is 44.1 Å². The summed E-state index contributed by atoms with van der Waals surface area (Å²) in [5.74, 6) is -0.0372. The number of nitrogens with zero attached hydrogens (tertiary/aromatic N) is 1. The van der Waals surface area contributed by atoms with Crippen LogP contribution in [0.5, 0.6) is 0 Å². The number of fused-ring (bicyclic) bond motifs is 1. The van der Waals surface area contributed by atoms with Gasteiger partial charge in [0.15, 0.2) is 0 Å². The van der Waals surface area contributed by atoms with E-state index in [9.17, 15) is 10.1 Å². The van der Waals surface area contributed by atoms with Gasteiger partial charge in [0, 0.05) is 10.9 Å². The number of nitriles is 1. The molecule has 20 heavy (non-hydrogen) atoms. The van der Waals surface area contributed by atoms with Gasteiger partial charge in [-0.1, -0.05) is 6.42 Å². The number of carbonyl (C=O) groups is 1. The zero-order valence-corrected chi connectivity index (χ0v) is 12.3. The van der Waals surface area contributed by atoms with E-state index in [-0.39, 0.29) is 5.91 Å². The molecule has 2 N–H and O–H groups in total. The predicted octanol–water partition coefficient (Wildman–Crippen LogP) is 2.58. The topological polar surface area (TPSA) is 64.9 Å². The normalized spacial score (nSPS) is 17.9. The fraction of sp³-hybridized carbons (Fsp3) is 0.600. The number of thiophene rings is 1. The van der Waals surface area contributed by atoms with E-state index in [1.807, 2.05) is 0 Å². The van der Waals surface area contributed by atoms with Gasteiger partial charge < -0.3 is 10.6 Å². The lowest BCUT2D eigenvalue weighted by molar-refractivity contribution is -0.115. The molecule has 0 spiro atoms. The molecule has 106 valence electrons. The van der Waals surface area contributed by atoms with Crippen LogP contribution in [0.3, 0.4) is 0 Å². The van der Waals surface area contributed by atoms with Gasteiger partial charge >= 0.3 is 0 Å². The Balaban J connectivity index is 1.71. The number of hydrogen-bond acceptors (Lipinski definition) is 4. The lowest BCUT2D eigenvalue weighted by Gasteiger charge is -2.04. The van der Waals surface area contributed by atoms with Gasteiger partial charge in [0.25, 0.3) is 0 Å². The summed E-state index contributed by atoms with van der Waals surface area (Å²) in [4.78, 5) is 13.2. The maximum atomic E-state index is 11.9. The van der Waals surface area contributed by atoms with Crippen molar-refractivity contribution >= 4 is 22.2 Å². The summed E-state index contributed by atoms with van der Waals surface area (Å²) >= 11 is 1.60. The van der Waals surface area contributed by atoms with Gasteiger partial charge in [-0.15, -0.1) is 11.3 Å². The first-order valence-corrected chi connectivity index (χ1v) is 8.17. The first-order valence-electron chi connectivity index (χ1n) is 7.36. The molecule has 1 aromatic rings. The Morgan fingerprint density at radius 2 is 2.10 bits per heavy atom. The Kier molecular flexibility index (Phi) is 4.04. The standard InChI is InChI=1S/C15H19N3OS/c16-8-12-11-4-2-1-3-5-13(11)20-15(12)18-14(19)9-17-10-6-7-10/h10,17H,1-7,9H2,(H,18,19). The van der Waals surface area contributed by atoms with Gasteiger partial charge in [0.05, 0.1) is 12.1 Å². The molecule has 1 saturated carbocycles. The second kappa shape index (κ2) is 5.94. The largest absolute Gasteiger partial charge is 0.315 e. The minimum atomic E-state index is -0.0372. The second-order valence-electron chi connectivity index (χ2n) is 5.58. The highest BCUT2D eigenvalue weighted by atomic mass is 32.1. The molecule has 1 fully saturated rings. The Labute approximate surface area is 123 Å². The van der Waals surface area contributed by atoms with E-state index in [1.165, 1.54) is 36.1 Å². The van der Waals surface area contributed by atoms with Crippen molar-refractivity contribution in [3.63, 3.8) is 0 Å². The Bertz CT molecular complexity index is 554. The molecule has 3 rings (SSSR count). The van der Waals surface area contributed by atoms with Crippen LogP contribution in [-0.4, -0.2) is 18.5 Å². The van der Waals surface area contributed by atoms with Crippen LogP contribution in [0.25, 0.3) is 0 Å². The van der Waals surface area contributed by atoms with E-state index in [0.29, 0.717) is 18.2 Å². The molecule has 0 radical (unpaired) electrons. The molecule has 5 heteroatoms. The zero-order chi connectivity index (χ0) is 13.9. The molecule has 0 unspecified atom stereocenters. The van der Waals surface area contributed by atoms with Crippen LogP contribution in [0.2, 0.25) is 0 Å². The highest BCUT2D eigenvalue weighted by Crippen LogP contribution is 2.36. The minimum Gasteiger partial charge on any atom is -0.315 e. The van der Waals surface area contributed by atoms with Crippen molar-refractivity contribution in [2.24, 2.45) is 0 Å². The second-order valence-corrected chi connectivity index (χ2v) is 6.69. The van der Waals surface area contributed by atoms with Crippen LogP contribution in [0, 0.1) is 11.3 Å². The van der Waals surface area contributed by atoms with Crippen LogP contribution in [0.15, 0.2) is 0 Å². The molecule has 0 bridgehead atoms. The lowest BCUT2D eigenvalue weighted by Crippen LogP contribution is -2.29. The van der Waals surface area contributed by atoms with Gasteiger partial charge in [-0.25, -0.2) is 0 Å². The summed E-state index contributed by atoms with van der Waals surface area (Å²) in [6, 6.07) is 2.81. The average molecular weight is 289 g/mol. The lowest BCUT2D eigenvalue weighted by atomic mass is 10.1. The highest BCUT2D eigenvalue weighted by Gasteiger charge is 2.23. The number of amides is 1. The van der Waals surface area contributed by atoms with Gasteiger partial charge in [-0.2, -0.15) is 5.26 Å². The van der Waals surface area contributed by atoms with Gasteiger partial charge in [0.2, 0.25) is 5.91 Å². The summed E-state index contributed by atoms with van der Waals surface area (Å²) in [5.41, 5.74) is 1.88. The molecule has 0 aromatic carbocycles. The van der Waals surface area contributed by atoms with Crippen molar-refractivity contribution in [2.75, 3.05) is 11.9 Å². The third kappa shape index (κ3) is 3.02. The van der Waals surface area contributed by atoms with E-state index in [0.717, 1.165) is 24.3 Å². The van der Waals surface area contributed by atoms with Crippen LogP contribution < -0.4 is 10.6 Å². The molecule has 2 aliphatic carbocycles. The molecule has 1 aromatic heterocycles. The van der Waals surface area contributed by atoms with Crippen LogP contribution in [0.4, 0.5) is 5.00 Å². The Morgan fingerprint density at radius 1 is 1.30 bits per heavy atom. The van der Waals surface area contributed by atoms with Crippen molar-refractivity contribution < 1.29 is 4.79 Å². The average Bonchev–Trinajstić information content (AvgIpc) is 3.23. The number of carbonyl (C=O) groups excluding carboxylic acids is 1. The number of aryl methyl sites for hydroxylation is 1. The first kappa shape index (κ1) is 13.6. The quantitative estimate of drug-likeness (QED) is 0.837. The number of hydrogen-bond donors (Lipinski definition) is 2. The Hall–Kier alpha value is -1.38. The van der Waals surface area contributed by atoms with Crippen molar-refractivity contribution in [1.82, 2.24) is 5.32 Å². The number of anilines is 1. The molecule has 1 amide bonds. The molecular weight excluding hydrogens is 270 g/mol. The minimum absolute atomic E-state index is 0.0372. The Morgan fingerprint density at radius 3 is 2.85 bits per heavy atom. The summed E-state index contributed by atoms with van der Waals surface area (Å²) < 4.78 is 0. The molecule has 2 aliphatic rings. The fourth-order valence-corrected chi connectivity index (χ4v) is 3.90. The third-order valence-electron chi connectivity index (χ3n) is 3.91. The third-order valence-corrected chi connectivity index (χ3v) is 5.12. The van der Waals surface area contributed by atoms with Crippen LogP contribution in [0.1, 0.15) is 48.1 Å². The predicted molar refractivity (Wildman–Crippen MR) is 79.9 cm³/mol. The zero-order valence-electron chi connectivity index (χ0n) is 11.5. The van der Waals surface area contributed by atoms with Gasteiger partial charge in [0.1, 0.15) is 11.1 Å². The first-order chi connectivity index (χ1) is 9.78. The summed E-state index contributed by atoms with van der Waals surface area (Å²) in [7, 11) is 0. The monoisotopic (exact) mass is 289 g/mol. The van der Waals surface area contributed by atoms with Crippen molar-refractivity contribution in [3.05, 3.63) is 16.0 Å². The molecular formula is C15H19N3OS. The summed E-state index contributed by atoms with van der Waals surface area (Å²) in [6.07, 6.45) is 7.94. The van der Waals surface area contributed by atoms with E-state index < -0.39 is 0 Å². The van der Waals surface area contributed by atoms with Crippen molar-refractivity contribution in [1.29, 1.82) is 5.26 Å². The molecule has 0 aliphatic heterocycles. The van der Waals surface area contributed by atoms with Gasteiger partial charge in [-0.3, -0.25) is 4.79 Å². The SMILES string of the molecule is N#Cc1c(NC(=O)CNC2CC2)sc2c1CCCCC2. The van der Waals surface area contributed by atoms with E-state index in [2.05, 4.69) is 16.7 Å². The van der Waals surface area contributed by atoms with E-state index in [1.54, 1.807) is 11.3 Å². The summed E-state index contributed by atoms with van der Waals surface area (Å²) in [6.45, 7) is 0.345. The van der Waals surface area contributed by atoms with E-state index in [4.69, 9.17) is 0 Å². The maximum Gasteiger partial charge on any atom is 0.238 e. The van der Waals surface area contributed by atoms with Crippen LogP contribution in [-0.2, 0) is 17.6 Å².